The van der Waals surface area contributed by atoms with Crippen molar-refractivity contribution in [2.45, 2.75) is 37.9 Å². The lowest BCUT2D eigenvalue weighted by Crippen LogP contribution is -2.32. The van der Waals surface area contributed by atoms with E-state index in [2.05, 4.69) is 25.7 Å². The van der Waals surface area contributed by atoms with Gasteiger partial charge in [-0.1, -0.05) is 12.8 Å². The van der Waals surface area contributed by atoms with Crippen LogP contribution in [0.2, 0.25) is 0 Å². The summed E-state index contributed by atoms with van der Waals surface area (Å²) in [4.78, 5) is 32.1. The van der Waals surface area contributed by atoms with Gasteiger partial charge in [0, 0.05) is 26.4 Å². The summed E-state index contributed by atoms with van der Waals surface area (Å²) in [6, 6.07) is 0. The van der Waals surface area contributed by atoms with Gasteiger partial charge < -0.3 is 30.3 Å². The monoisotopic (exact) mass is 440 g/mol. The maximum atomic E-state index is 12.2. The van der Waals surface area contributed by atoms with E-state index in [0.29, 0.717) is 13.1 Å². The van der Waals surface area contributed by atoms with Gasteiger partial charge in [-0.25, -0.2) is 9.97 Å². The number of carbonyl (C=O) groups is 1. The van der Waals surface area contributed by atoms with Crippen LogP contribution < -0.4 is 16.2 Å². The van der Waals surface area contributed by atoms with E-state index in [4.69, 9.17) is 9.47 Å². The summed E-state index contributed by atoms with van der Waals surface area (Å²) in [7, 11) is 1.50. The maximum Gasteiger partial charge on any atom is 0.286 e. The molecule has 2 rings (SSSR count). The van der Waals surface area contributed by atoms with Crippen molar-refractivity contribution in [1.82, 2.24) is 30.2 Å². The van der Waals surface area contributed by atoms with Crippen LogP contribution in [-0.2, 0) is 9.47 Å². The normalized spacial score (nSPS) is 13.4. The van der Waals surface area contributed by atoms with E-state index >= 15 is 0 Å². The van der Waals surface area contributed by atoms with E-state index in [1.54, 1.807) is 0 Å². The Hall–Kier alpha value is -2.38. The van der Waals surface area contributed by atoms with Gasteiger partial charge >= 0.3 is 0 Å². The van der Waals surface area contributed by atoms with Gasteiger partial charge in [-0.3, -0.25) is 14.7 Å². The quantitative estimate of drug-likeness (QED) is 0.199. The Labute approximate surface area is 180 Å². The fraction of sp³-hybridized carbons (Fsp3) is 0.684. The Kier molecular flexibility index (Phi) is 11.1. The third-order valence-corrected chi connectivity index (χ3v) is 4.48. The highest BCUT2D eigenvalue weighted by Gasteiger charge is 2.13. The lowest BCUT2D eigenvalue weighted by atomic mass is 10.2. The van der Waals surface area contributed by atoms with Crippen LogP contribution in [0.5, 0.6) is 0 Å². The largest absolute Gasteiger partial charge is 0.389 e. The van der Waals surface area contributed by atoms with Crippen LogP contribution in [0.25, 0.3) is 5.78 Å². The van der Waals surface area contributed by atoms with E-state index in [9.17, 15) is 19.8 Å². The molecule has 0 aromatic carbocycles. The minimum atomic E-state index is -0.687. The van der Waals surface area contributed by atoms with Crippen molar-refractivity contribution in [3.63, 3.8) is 0 Å². The molecule has 2 heterocycles. The number of nitrogens with zero attached hydrogens (tertiary/aromatic N) is 3. The molecule has 1 amide bonds. The third kappa shape index (κ3) is 8.71. The summed E-state index contributed by atoms with van der Waals surface area (Å²) in [5.74, 6) is -0.231. The molecule has 12 nitrogen and oxygen atoms in total. The van der Waals surface area contributed by atoms with E-state index in [-0.39, 0.29) is 31.2 Å². The first kappa shape index (κ1) is 24.9. The molecular formula is C19H32N6O6. The smallest absolute Gasteiger partial charge is 0.286 e. The van der Waals surface area contributed by atoms with E-state index in [1.807, 2.05) is 0 Å². The number of rotatable bonds is 16. The SMILES string of the molecule is COCC(O)COCC(O)CNCCCCCCNC(=O)c1cnc2nc[nH]n2c1=O. The standard InChI is InChI=1S/C19H32N6O6/c1-30-10-15(27)12-31-11-14(26)8-20-6-4-2-3-5-7-21-17(28)16-9-22-19-23-13-24-25(19)18(16)29/h9,13-15,20,26-27H,2-8,10-12H2,1H3,(H,21,28)(H,22,23,24). The molecule has 0 fully saturated rings. The minimum Gasteiger partial charge on any atom is -0.389 e. The van der Waals surface area contributed by atoms with Crippen LogP contribution in [0.15, 0.2) is 17.3 Å². The topological polar surface area (TPSA) is 163 Å². The van der Waals surface area contributed by atoms with Gasteiger partial charge in [-0.15, -0.1) is 0 Å². The number of hydrogen-bond acceptors (Lipinski definition) is 9. The third-order valence-electron chi connectivity index (χ3n) is 4.48. The molecular weight excluding hydrogens is 408 g/mol. The number of carbonyl (C=O) groups excluding carboxylic acids is 1. The van der Waals surface area contributed by atoms with Crippen molar-refractivity contribution >= 4 is 11.7 Å². The Morgan fingerprint density at radius 2 is 1.87 bits per heavy atom. The number of aromatic amines is 1. The van der Waals surface area contributed by atoms with Gasteiger partial charge in [-0.2, -0.15) is 4.52 Å². The summed E-state index contributed by atoms with van der Waals surface area (Å²) in [6.45, 7) is 2.14. The second-order valence-corrected chi connectivity index (χ2v) is 7.17. The number of aliphatic hydroxyl groups excluding tert-OH is 2. The van der Waals surface area contributed by atoms with Crippen molar-refractivity contribution in [3.8, 4) is 0 Å². The fourth-order valence-electron chi connectivity index (χ4n) is 2.89. The molecule has 2 unspecified atom stereocenters. The van der Waals surface area contributed by atoms with Crippen molar-refractivity contribution in [1.29, 1.82) is 0 Å². The second-order valence-electron chi connectivity index (χ2n) is 7.17. The Balaban J connectivity index is 1.47. The van der Waals surface area contributed by atoms with Gasteiger partial charge in [0.2, 0.25) is 0 Å². The van der Waals surface area contributed by atoms with Gasteiger partial charge in [0.15, 0.2) is 0 Å². The van der Waals surface area contributed by atoms with E-state index in [0.717, 1.165) is 36.7 Å². The van der Waals surface area contributed by atoms with Crippen molar-refractivity contribution in [2.75, 3.05) is 46.6 Å². The maximum absolute atomic E-state index is 12.2. The minimum absolute atomic E-state index is 0.0262. The van der Waals surface area contributed by atoms with Crippen molar-refractivity contribution < 1.29 is 24.5 Å². The molecule has 0 saturated carbocycles. The van der Waals surface area contributed by atoms with Crippen LogP contribution >= 0.6 is 0 Å². The number of aromatic nitrogens is 4. The Morgan fingerprint density at radius 1 is 1.13 bits per heavy atom. The molecule has 31 heavy (non-hydrogen) atoms. The Morgan fingerprint density at radius 3 is 2.65 bits per heavy atom. The zero-order chi connectivity index (χ0) is 22.5. The number of hydrogen-bond donors (Lipinski definition) is 5. The lowest BCUT2D eigenvalue weighted by molar-refractivity contribution is -0.0308. The fourth-order valence-corrected chi connectivity index (χ4v) is 2.89. The number of H-pyrrole nitrogens is 1. The van der Waals surface area contributed by atoms with Gasteiger partial charge in [0.1, 0.15) is 18.0 Å². The summed E-state index contributed by atoms with van der Waals surface area (Å²) in [5.41, 5.74) is -0.508. The molecule has 0 aliphatic heterocycles. The van der Waals surface area contributed by atoms with Crippen molar-refractivity contribution in [2.24, 2.45) is 0 Å². The molecule has 174 valence electrons. The number of unbranched alkanes of at least 4 members (excludes halogenated alkanes) is 3. The predicted octanol–water partition coefficient (Wildman–Crippen LogP) is -1.32. The second kappa shape index (κ2) is 13.8. The number of methoxy groups -OCH3 is 1. The first-order chi connectivity index (χ1) is 15.0. The molecule has 0 aliphatic rings. The number of ether oxygens (including phenoxy) is 2. The molecule has 0 spiro atoms. The molecule has 2 atom stereocenters. The first-order valence-electron chi connectivity index (χ1n) is 10.4. The van der Waals surface area contributed by atoms with Crippen LogP contribution in [0, 0.1) is 0 Å². The zero-order valence-electron chi connectivity index (χ0n) is 17.7. The summed E-state index contributed by atoms with van der Waals surface area (Å²) in [5, 5.41) is 27.7. The van der Waals surface area contributed by atoms with Crippen LogP contribution in [0.3, 0.4) is 0 Å². The van der Waals surface area contributed by atoms with E-state index in [1.165, 1.54) is 19.6 Å². The van der Waals surface area contributed by atoms with E-state index < -0.39 is 23.7 Å². The summed E-state index contributed by atoms with van der Waals surface area (Å²) in [6.07, 6.45) is 4.90. The highest BCUT2D eigenvalue weighted by Crippen LogP contribution is 1.99. The zero-order valence-corrected chi connectivity index (χ0v) is 17.7. The highest BCUT2D eigenvalue weighted by atomic mass is 16.5. The number of amides is 1. The molecule has 2 aromatic rings. The Bertz CT molecular complexity index is 841. The summed E-state index contributed by atoms with van der Waals surface area (Å²) < 4.78 is 11.1. The van der Waals surface area contributed by atoms with Gasteiger partial charge in [0.25, 0.3) is 17.2 Å². The van der Waals surface area contributed by atoms with Gasteiger partial charge in [0.05, 0.1) is 25.9 Å². The molecule has 0 saturated heterocycles. The molecule has 0 aliphatic carbocycles. The number of nitrogens with one attached hydrogen (secondary N) is 3. The molecule has 12 heteroatoms. The van der Waals surface area contributed by atoms with Crippen molar-refractivity contribution in [3.05, 3.63) is 28.4 Å². The average Bonchev–Trinajstić information content (AvgIpc) is 3.22. The van der Waals surface area contributed by atoms with Gasteiger partial charge in [-0.05, 0) is 19.4 Å². The van der Waals surface area contributed by atoms with Crippen LogP contribution in [0.1, 0.15) is 36.0 Å². The molecule has 0 bridgehead atoms. The van der Waals surface area contributed by atoms with Crippen LogP contribution in [0.4, 0.5) is 0 Å². The number of fused-ring (bicyclic) bond motifs is 1. The lowest BCUT2D eigenvalue weighted by Gasteiger charge is -2.14. The average molecular weight is 441 g/mol. The number of aliphatic hydroxyl groups is 2. The van der Waals surface area contributed by atoms with Crippen LogP contribution in [-0.4, -0.2) is 94.5 Å². The highest BCUT2D eigenvalue weighted by molar-refractivity contribution is 5.93. The molecule has 5 N–H and O–H groups in total. The predicted molar refractivity (Wildman–Crippen MR) is 112 cm³/mol. The first-order valence-corrected chi connectivity index (χ1v) is 10.4. The molecule has 0 radical (unpaired) electrons. The summed E-state index contributed by atoms with van der Waals surface area (Å²) >= 11 is 0. The molecule has 2 aromatic heterocycles.